The first-order chi connectivity index (χ1) is 7.34. The molecule has 86 valence electrons. The molecule has 1 heterocycles. The van der Waals surface area contributed by atoms with E-state index in [-0.39, 0.29) is 5.91 Å². The average Bonchev–Trinajstić information content (AvgIpc) is 2.71. The molecule has 0 aromatic carbocycles. The van der Waals surface area contributed by atoms with Gasteiger partial charge in [-0.05, 0) is 12.8 Å². The maximum Gasteiger partial charge on any atom is 0.234 e. The maximum atomic E-state index is 11.7. The van der Waals surface area contributed by atoms with Gasteiger partial charge >= 0.3 is 0 Å². The fraction of sp³-hybridized carbons (Fsp3) is 0.909. The van der Waals surface area contributed by atoms with Crippen LogP contribution in [0.4, 0.5) is 0 Å². The third kappa shape index (κ3) is 3.68. The second-order valence-electron chi connectivity index (χ2n) is 4.44. The lowest BCUT2D eigenvalue weighted by atomic mass is 10.2. The van der Waals surface area contributed by atoms with Crippen LogP contribution in [0, 0.1) is 0 Å². The maximum absolute atomic E-state index is 11.7. The molecule has 0 spiro atoms. The molecule has 0 bridgehead atoms. The minimum absolute atomic E-state index is 0.230. The van der Waals surface area contributed by atoms with Gasteiger partial charge in [-0.1, -0.05) is 12.8 Å². The molecule has 0 aromatic heterocycles. The summed E-state index contributed by atoms with van der Waals surface area (Å²) < 4.78 is 0. The Labute approximate surface area is 96.0 Å². The number of thioether (sulfide) groups is 1. The topological polar surface area (TPSA) is 32.3 Å². The van der Waals surface area contributed by atoms with Crippen molar-refractivity contribution in [3.05, 3.63) is 0 Å². The number of carbonyl (C=O) groups is 1. The Morgan fingerprint density at radius 2 is 1.93 bits per heavy atom. The van der Waals surface area contributed by atoms with Gasteiger partial charge in [0, 0.05) is 30.6 Å². The fourth-order valence-corrected chi connectivity index (χ4v) is 3.28. The SMILES string of the molecule is O=C(CN1CCSCC1)NC1CCCC1. The molecule has 1 amide bonds. The van der Waals surface area contributed by atoms with Crippen molar-refractivity contribution in [3.8, 4) is 0 Å². The lowest BCUT2D eigenvalue weighted by Gasteiger charge is -2.26. The van der Waals surface area contributed by atoms with E-state index in [1.807, 2.05) is 11.8 Å². The van der Waals surface area contributed by atoms with E-state index in [0.29, 0.717) is 12.6 Å². The van der Waals surface area contributed by atoms with Gasteiger partial charge in [0.15, 0.2) is 0 Å². The minimum atomic E-state index is 0.230. The average molecular weight is 228 g/mol. The van der Waals surface area contributed by atoms with Crippen LogP contribution in [0.1, 0.15) is 25.7 Å². The van der Waals surface area contributed by atoms with Crippen molar-refractivity contribution < 1.29 is 4.79 Å². The highest BCUT2D eigenvalue weighted by atomic mass is 32.2. The lowest BCUT2D eigenvalue weighted by Crippen LogP contribution is -2.43. The Kier molecular flexibility index (Phi) is 4.32. The zero-order chi connectivity index (χ0) is 10.5. The summed E-state index contributed by atoms with van der Waals surface area (Å²) in [6.07, 6.45) is 4.93. The summed E-state index contributed by atoms with van der Waals surface area (Å²) in [6.45, 7) is 2.75. The van der Waals surface area contributed by atoms with Crippen LogP contribution >= 0.6 is 11.8 Å². The van der Waals surface area contributed by atoms with Crippen LogP contribution in [-0.4, -0.2) is 48.0 Å². The first kappa shape index (κ1) is 11.3. The van der Waals surface area contributed by atoms with Crippen LogP contribution in [0.3, 0.4) is 0 Å². The number of hydrogen-bond acceptors (Lipinski definition) is 3. The summed E-state index contributed by atoms with van der Waals surface area (Å²) in [5, 5.41) is 3.14. The van der Waals surface area contributed by atoms with Gasteiger partial charge < -0.3 is 5.32 Å². The first-order valence-corrected chi connectivity index (χ1v) is 7.09. The summed E-state index contributed by atoms with van der Waals surface area (Å²) in [6, 6.07) is 0.469. The van der Waals surface area contributed by atoms with Gasteiger partial charge in [0.25, 0.3) is 0 Å². The number of carbonyl (C=O) groups excluding carboxylic acids is 1. The van der Waals surface area contributed by atoms with Crippen LogP contribution in [0.2, 0.25) is 0 Å². The summed E-state index contributed by atoms with van der Waals surface area (Å²) in [5.74, 6) is 2.58. The molecule has 1 saturated heterocycles. The van der Waals surface area contributed by atoms with Gasteiger partial charge in [0.1, 0.15) is 0 Å². The third-order valence-corrected chi connectivity index (χ3v) is 4.13. The van der Waals surface area contributed by atoms with E-state index in [1.54, 1.807) is 0 Å². The third-order valence-electron chi connectivity index (χ3n) is 3.19. The molecule has 0 unspecified atom stereocenters. The normalized spacial score (nSPS) is 24.3. The molecule has 1 saturated carbocycles. The molecule has 2 rings (SSSR count). The summed E-state index contributed by atoms with van der Waals surface area (Å²) >= 11 is 1.99. The number of nitrogens with one attached hydrogen (secondary N) is 1. The minimum Gasteiger partial charge on any atom is -0.352 e. The monoisotopic (exact) mass is 228 g/mol. The smallest absolute Gasteiger partial charge is 0.234 e. The molecule has 0 radical (unpaired) electrons. The number of amides is 1. The molecule has 0 aromatic rings. The van der Waals surface area contributed by atoms with Gasteiger partial charge in [-0.3, -0.25) is 9.69 Å². The molecule has 1 aliphatic heterocycles. The molecular weight excluding hydrogens is 208 g/mol. The highest BCUT2D eigenvalue weighted by molar-refractivity contribution is 7.99. The van der Waals surface area contributed by atoms with Crippen molar-refractivity contribution in [2.75, 3.05) is 31.1 Å². The second kappa shape index (κ2) is 5.75. The predicted molar refractivity (Wildman–Crippen MR) is 64.2 cm³/mol. The van der Waals surface area contributed by atoms with Gasteiger partial charge in [0.05, 0.1) is 6.54 Å². The van der Waals surface area contributed by atoms with E-state index < -0.39 is 0 Å². The lowest BCUT2D eigenvalue weighted by molar-refractivity contribution is -0.122. The Morgan fingerprint density at radius 3 is 2.60 bits per heavy atom. The molecular formula is C11H20N2OS. The van der Waals surface area contributed by atoms with Crippen molar-refractivity contribution in [3.63, 3.8) is 0 Å². The number of hydrogen-bond donors (Lipinski definition) is 1. The quantitative estimate of drug-likeness (QED) is 0.785. The standard InChI is InChI=1S/C11H20N2OS/c14-11(12-10-3-1-2-4-10)9-13-5-7-15-8-6-13/h10H,1-9H2,(H,12,14). The Balaban J connectivity index is 1.66. The van der Waals surface area contributed by atoms with Crippen molar-refractivity contribution >= 4 is 17.7 Å². The van der Waals surface area contributed by atoms with E-state index in [2.05, 4.69) is 10.2 Å². The van der Waals surface area contributed by atoms with E-state index in [9.17, 15) is 4.79 Å². The van der Waals surface area contributed by atoms with Crippen molar-refractivity contribution in [1.29, 1.82) is 0 Å². The van der Waals surface area contributed by atoms with E-state index in [4.69, 9.17) is 0 Å². The van der Waals surface area contributed by atoms with Crippen LogP contribution in [0.5, 0.6) is 0 Å². The van der Waals surface area contributed by atoms with E-state index >= 15 is 0 Å². The summed E-state index contributed by atoms with van der Waals surface area (Å²) in [4.78, 5) is 14.0. The van der Waals surface area contributed by atoms with Crippen LogP contribution in [0.25, 0.3) is 0 Å². The Morgan fingerprint density at radius 1 is 1.27 bits per heavy atom. The molecule has 0 atom stereocenters. The first-order valence-electron chi connectivity index (χ1n) is 5.94. The second-order valence-corrected chi connectivity index (χ2v) is 5.66. The highest BCUT2D eigenvalue weighted by Crippen LogP contribution is 2.17. The number of nitrogens with zero attached hydrogens (tertiary/aromatic N) is 1. The largest absolute Gasteiger partial charge is 0.352 e. The number of rotatable bonds is 3. The van der Waals surface area contributed by atoms with E-state index in [0.717, 1.165) is 13.1 Å². The van der Waals surface area contributed by atoms with Crippen molar-refractivity contribution in [2.45, 2.75) is 31.7 Å². The Bertz CT molecular complexity index is 211. The summed E-state index contributed by atoms with van der Waals surface area (Å²) in [7, 11) is 0. The molecule has 2 aliphatic rings. The molecule has 3 nitrogen and oxygen atoms in total. The molecule has 1 N–H and O–H groups in total. The van der Waals surface area contributed by atoms with Crippen LogP contribution in [0.15, 0.2) is 0 Å². The van der Waals surface area contributed by atoms with Gasteiger partial charge in [-0.25, -0.2) is 0 Å². The molecule has 15 heavy (non-hydrogen) atoms. The van der Waals surface area contributed by atoms with Gasteiger partial charge in [0.2, 0.25) is 5.91 Å². The molecule has 2 fully saturated rings. The molecule has 1 aliphatic carbocycles. The highest BCUT2D eigenvalue weighted by Gasteiger charge is 2.19. The van der Waals surface area contributed by atoms with E-state index in [1.165, 1.54) is 37.2 Å². The van der Waals surface area contributed by atoms with Crippen LogP contribution < -0.4 is 5.32 Å². The van der Waals surface area contributed by atoms with Gasteiger partial charge in [-0.2, -0.15) is 11.8 Å². The fourth-order valence-electron chi connectivity index (χ4n) is 2.31. The van der Waals surface area contributed by atoms with Gasteiger partial charge in [-0.15, -0.1) is 0 Å². The zero-order valence-corrected chi connectivity index (χ0v) is 10.0. The summed E-state index contributed by atoms with van der Waals surface area (Å²) in [5.41, 5.74) is 0. The molecule has 4 heteroatoms. The Hall–Kier alpha value is -0.220. The predicted octanol–water partition coefficient (Wildman–Crippen LogP) is 1.09. The zero-order valence-electron chi connectivity index (χ0n) is 9.21. The van der Waals surface area contributed by atoms with Crippen LogP contribution in [-0.2, 0) is 4.79 Å². The van der Waals surface area contributed by atoms with Crippen molar-refractivity contribution in [1.82, 2.24) is 10.2 Å². The van der Waals surface area contributed by atoms with Crippen molar-refractivity contribution in [2.24, 2.45) is 0 Å².